The Morgan fingerprint density at radius 3 is 2.67 bits per heavy atom. The van der Waals surface area contributed by atoms with Crippen molar-refractivity contribution in [1.29, 1.82) is 0 Å². The lowest BCUT2D eigenvalue weighted by Gasteiger charge is -2.31. The van der Waals surface area contributed by atoms with E-state index in [1.807, 2.05) is 25.4 Å². The Kier molecular flexibility index (Phi) is 5.92. The Labute approximate surface area is 131 Å². The predicted molar refractivity (Wildman–Crippen MR) is 89.0 cm³/mol. The van der Waals surface area contributed by atoms with Crippen LogP contribution in [0.3, 0.4) is 0 Å². The molecular weight excluding hydrogens is 306 g/mol. The van der Waals surface area contributed by atoms with Gasteiger partial charge in [-0.05, 0) is 62.9 Å². The monoisotopic (exact) mass is 329 g/mol. The Bertz CT molecular complexity index is 544. The first-order chi connectivity index (χ1) is 10.0. The third kappa shape index (κ3) is 4.60. The zero-order valence-corrected chi connectivity index (χ0v) is 14.1. The lowest BCUT2D eigenvalue weighted by atomic mass is 10.00. The number of thioether (sulfide) groups is 1. The van der Waals surface area contributed by atoms with Gasteiger partial charge in [-0.3, -0.25) is 4.72 Å². The zero-order chi connectivity index (χ0) is 15.3. The van der Waals surface area contributed by atoms with Crippen LogP contribution in [0.5, 0.6) is 0 Å². The number of hydrogen-bond donors (Lipinski definition) is 2. The molecule has 0 saturated carbocycles. The van der Waals surface area contributed by atoms with E-state index in [0.717, 1.165) is 24.3 Å². The standard InChI is InChI=1S/C14H23N3O2S2/c1-15-10-12-4-3-9-17(11-12)21(18,19)16-13-5-7-14(20-2)8-6-13/h5-8,12,15-16H,3-4,9-11H2,1-2H3. The molecule has 0 aromatic heterocycles. The first-order valence-corrected chi connectivity index (χ1v) is 9.78. The van der Waals surface area contributed by atoms with Crippen LogP contribution >= 0.6 is 11.8 Å². The highest BCUT2D eigenvalue weighted by Crippen LogP contribution is 2.22. The van der Waals surface area contributed by atoms with Crippen LogP contribution in [0.4, 0.5) is 5.69 Å². The molecule has 7 heteroatoms. The third-order valence-electron chi connectivity index (χ3n) is 3.65. The molecule has 1 heterocycles. The molecule has 0 spiro atoms. The normalized spacial score (nSPS) is 20.4. The number of piperidine rings is 1. The molecule has 0 aliphatic carbocycles. The summed E-state index contributed by atoms with van der Waals surface area (Å²) in [5, 5.41) is 3.13. The molecule has 1 atom stereocenters. The van der Waals surface area contributed by atoms with E-state index in [9.17, 15) is 8.42 Å². The molecule has 1 saturated heterocycles. The second kappa shape index (κ2) is 7.49. The third-order valence-corrected chi connectivity index (χ3v) is 5.90. The molecule has 1 aliphatic heterocycles. The maximum Gasteiger partial charge on any atom is 0.301 e. The van der Waals surface area contributed by atoms with E-state index in [1.165, 1.54) is 0 Å². The van der Waals surface area contributed by atoms with Crippen LogP contribution in [0.1, 0.15) is 12.8 Å². The van der Waals surface area contributed by atoms with Gasteiger partial charge in [-0.25, -0.2) is 0 Å². The number of benzene rings is 1. The Morgan fingerprint density at radius 2 is 2.05 bits per heavy atom. The van der Waals surface area contributed by atoms with E-state index in [1.54, 1.807) is 28.2 Å². The maximum atomic E-state index is 12.4. The Morgan fingerprint density at radius 1 is 1.33 bits per heavy atom. The van der Waals surface area contributed by atoms with Gasteiger partial charge in [-0.2, -0.15) is 12.7 Å². The first kappa shape index (κ1) is 16.6. The summed E-state index contributed by atoms with van der Waals surface area (Å²) in [7, 11) is -1.56. The van der Waals surface area contributed by atoms with Crippen molar-refractivity contribution < 1.29 is 8.42 Å². The van der Waals surface area contributed by atoms with Crippen LogP contribution in [-0.2, 0) is 10.2 Å². The van der Waals surface area contributed by atoms with Crippen LogP contribution in [0.2, 0.25) is 0 Å². The van der Waals surface area contributed by atoms with Crippen molar-refractivity contribution >= 4 is 27.7 Å². The lowest BCUT2D eigenvalue weighted by molar-refractivity contribution is 0.264. The number of rotatable bonds is 6. The van der Waals surface area contributed by atoms with Crippen LogP contribution in [-0.4, -0.2) is 45.7 Å². The molecule has 5 nitrogen and oxygen atoms in total. The van der Waals surface area contributed by atoms with Crippen molar-refractivity contribution in [3.8, 4) is 0 Å². The lowest BCUT2D eigenvalue weighted by Crippen LogP contribution is -2.44. The second-order valence-corrected chi connectivity index (χ2v) is 7.81. The molecule has 1 aromatic rings. The van der Waals surface area contributed by atoms with Gasteiger partial charge in [0.2, 0.25) is 0 Å². The van der Waals surface area contributed by atoms with Gasteiger partial charge in [0, 0.05) is 23.7 Å². The molecular formula is C14H23N3O2S2. The van der Waals surface area contributed by atoms with Gasteiger partial charge in [0.1, 0.15) is 0 Å². The van der Waals surface area contributed by atoms with Crippen LogP contribution in [0.15, 0.2) is 29.2 Å². The SMILES string of the molecule is CNCC1CCCN(S(=O)(=O)Nc2ccc(SC)cc2)C1. The summed E-state index contributed by atoms with van der Waals surface area (Å²) in [5.41, 5.74) is 0.614. The molecule has 118 valence electrons. The topological polar surface area (TPSA) is 61.4 Å². The molecule has 0 amide bonds. The molecule has 0 radical (unpaired) electrons. The van der Waals surface area contributed by atoms with Gasteiger partial charge in [0.25, 0.3) is 0 Å². The Balaban J connectivity index is 2.03. The average molecular weight is 329 g/mol. The highest BCUT2D eigenvalue weighted by Gasteiger charge is 2.28. The molecule has 0 bridgehead atoms. The number of nitrogens with one attached hydrogen (secondary N) is 2. The minimum atomic E-state index is -3.46. The summed E-state index contributed by atoms with van der Waals surface area (Å²) in [6.07, 6.45) is 3.99. The van der Waals surface area contributed by atoms with E-state index in [2.05, 4.69) is 10.0 Å². The first-order valence-electron chi connectivity index (χ1n) is 7.11. The molecule has 1 unspecified atom stereocenters. The van der Waals surface area contributed by atoms with E-state index in [0.29, 0.717) is 24.7 Å². The van der Waals surface area contributed by atoms with Crippen molar-refractivity contribution in [2.45, 2.75) is 17.7 Å². The summed E-state index contributed by atoms with van der Waals surface area (Å²) in [6, 6.07) is 7.45. The van der Waals surface area contributed by atoms with Crippen LogP contribution in [0, 0.1) is 5.92 Å². The minimum Gasteiger partial charge on any atom is -0.319 e. The summed E-state index contributed by atoms with van der Waals surface area (Å²) in [6.45, 7) is 2.03. The fraction of sp³-hybridized carbons (Fsp3) is 0.571. The molecule has 1 aromatic carbocycles. The average Bonchev–Trinajstić information content (AvgIpc) is 2.48. The van der Waals surface area contributed by atoms with Gasteiger partial charge in [0.05, 0.1) is 0 Å². The zero-order valence-electron chi connectivity index (χ0n) is 12.5. The Hall–Kier alpha value is -0.760. The fourth-order valence-electron chi connectivity index (χ4n) is 2.57. The molecule has 1 fully saturated rings. The van der Waals surface area contributed by atoms with Gasteiger partial charge in [-0.15, -0.1) is 11.8 Å². The summed E-state index contributed by atoms with van der Waals surface area (Å²) in [5.74, 6) is 0.388. The van der Waals surface area contributed by atoms with E-state index < -0.39 is 10.2 Å². The molecule has 2 N–H and O–H groups in total. The molecule has 21 heavy (non-hydrogen) atoms. The minimum absolute atomic E-state index is 0.388. The summed E-state index contributed by atoms with van der Waals surface area (Å²) < 4.78 is 29.1. The summed E-state index contributed by atoms with van der Waals surface area (Å²) >= 11 is 1.63. The predicted octanol–water partition coefficient (Wildman–Crippen LogP) is 2.00. The second-order valence-electron chi connectivity index (χ2n) is 5.26. The van der Waals surface area contributed by atoms with Gasteiger partial charge >= 0.3 is 10.2 Å². The fourth-order valence-corrected chi connectivity index (χ4v) is 4.32. The number of anilines is 1. The van der Waals surface area contributed by atoms with E-state index in [-0.39, 0.29) is 0 Å². The molecule has 1 aliphatic rings. The molecule has 2 rings (SSSR count). The quantitative estimate of drug-likeness (QED) is 0.784. The summed E-state index contributed by atoms with van der Waals surface area (Å²) in [4.78, 5) is 1.12. The number of hydrogen-bond acceptors (Lipinski definition) is 4. The van der Waals surface area contributed by atoms with E-state index in [4.69, 9.17) is 0 Å². The van der Waals surface area contributed by atoms with Gasteiger partial charge in [-0.1, -0.05) is 0 Å². The largest absolute Gasteiger partial charge is 0.319 e. The van der Waals surface area contributed by atoms with Crippen molar-refractivity contribution in [3.05, 3.63) is 24.3 Å². The van der Waals surface area contributed by atoms with Gasteiger partial charge < -0.3 is 5.32 Å². The van der Waals surface area contributed by atoms with Crippen molar-refractivity contribution in [2.75, 3.05) is 37.7 Å². The van der Waals surface area contributed by atoms with Crippen molar-refractivity contribution in [1.82, 2.24) is 9.62 Å². The van der Waals surface area contributed by atoms with Crippen LogP contribution < -0.4 is 10.0 Å². The highest BCUT2D eigenvalue weighted by molar-refractivity contribution is 7.98. The smallest absolute Gasteiger partial charge is 0.301 e. The van der Waals surface area contributed by atoms with Gasteiger partial charge in [0.15, 0.2) is 0 Å². The van der Waals surface area contributed by atoms with E-state index >= 15 is 0 Å². The van der Waals surface area contributed by atoms with Crippen molar-refractivity contribution in [3.63, 3.8) is 0 Å². The van der Waals surface area contributed by atoms with Crippen molar-refractivity contribution in [2.24, 2.45) is 5.92 Å². The highest BCUT2D eigenvalue weighted by atomic mass is 32.2. The maximum absolute atomic E-state index is 12.4. The van der Waals surface area contributed by atoms with Crippen LogP contribution in [0.25, 0.3) is 0 Å². The number of nitrogens with zero attached hydrogens (tertiary/aromatic N) is 1.